The summed E-state index contributed by atoms with van der Waals surface area (Å²) >= 11 is 0. The van der Waals surface area contributed by atoms with Crippen molar-refractivity contribution in [2.45, 2.75) is 84.1 Å². The molecule has 11 heteroatoms. The molecule has 172 valence electrons. The molecular weight excluding hydrogens is 394 g/mol. The summed E-state index contributed by atoms with van der Waals surface area (Å²) in [5.41, 5.74) is 1.49. The zero-order chi connectivity index (χ0) is 24.1. The summed E-state index contributed by atoms with van der Waals surface area (Å²) in [4.78, 5) is 61.0. The average molecular weight is 430 g/mol. The van der Waals surface area contributed by atoms with Gasteiger partial charge in [0.15, 0.2) is 0 Å². The molecule has 0 aliphatic rings. The molecule has 0 aliphatic heterocycles. The Morgan fingerprint density at radius 1 is 0.733 bits per heavy atom. The molecule has 0 unspecified atom stereocenters. The number of rotatable bonds is 9. The van der Waals surface area contributed by atoms with E-state index in [2.05, 4.69) is 26.0 Å². The molecule has 0 radical (unpaired) electrons. The number of methoxy groups -OCH3 is 1. The highest BCUT2D eigenvalue weighted by Gasteiger charge is 2.39. The summed E-state index contributed by atoms with van der Waals surface area (Å²) in [6.45, 7) is 11.7. The predicted molar refractivity (Wildman–Crippen MR) is 110 cm³/mol. The number of carbonyl (C=O) groups is 5. The van der Waals surface area contributed by atoms with Crippen molar-refractivity contribution in [2.24, 2.45) is 5.73 Å². The van der Waals surface area contributed by atoms with Crippen molar-refractivity contribution in [3.8, 4) is 0 Å². The first-order valence-electron chi connectivity index (χ1n) is 9.49. The van der Waals surface area contributed by atoms with Gasteiger partial charge in [-0.3, -0.25) is 19.2 Å². The third-order valence-corrected chi connectivity index (χ3v) is 4.28. The number of ether oxygens (including phenoxy) is 1. The molecule has 0 aliphatic carbocycles. The second-order valence-corrected chi connectivity index (χ2v) is 8.78. The number of esters is 1. The van der Waals surface area contributed by atoms with E-state index in [0.29, 0.717) is 0 Å². The first kappa shape index (κ1) is 27.3. The average Bonchev–Trinajstić information content (AvgIpc) is 2.59. The Morgan fingerprint density at radius 3 is 1.60 bits per heavy atom. The van der Waals surface area contributed by atoms with Crippen molar-refractivity contribution >= 4 is 29.6 Å². The maximum Gasteiger partial charge on any atom is 0.330 e. The third kappa shape index (κ3) is 7.62. The minimum atomic E-state index is -1.39. The molecule has 0 rings (SSSR count). The van der Waals surface area contributed by atoms with E-state index in [1.165, 1.54) is 62.5 Å². The Labute approximate surface area is 177 Å². The van der Waals surface area contributed by atoms with Gasteiger partial charge >= 0.3 is 5.97 Å². The first-order valence-corrected chi connectivity index (χ1v) is 9.49. The molecule has 0 spiro atoms. The van der Waals surface area contributed by atoms with Crippen molar-refractivity contribution in [1.82, 2.24) is 21.3 Å². The Hall–Kier alpha value is -2.69. The fraction of sp³-hybridized carbons (Fsp3) is 0.737. The lowest BCUT2D eigenvalue weighted by Crippen LogP contribution is -2.64. The zero-order valence-electron chi connectivity index (χ0n) is 19.2. The van der Waals surface area contributed by atoms with Crippen LogP contribution in [-0.4, -0.2) is 65.4 Å². The van der Waals surface area contributed by atoms with Gasteiger partial charge in [0.25, 0.3) is 0 Å². The molecule has 0 fully saturated rings. The highest BCUT2D eigenvalue weighted by Crippen LogP contribution is 2.10. The van der Waals surface area contributed by atoms with E-state index >= 15 is 0 Å². The normalized spacial score (nSPS) is 14.1. The van der Waals surface area contributed by atoms with Crippen LogP contribution < -0.4 is 27.0 Å². The van der Waals surface area contributed by atoms with E-state index in [0.717, 1.165) is 0 Å². The molecular formula is C19H35N5O6. The minimum absolute atomic E-state index is 0.515. The summed E-state index contributed by atoms with van der Waals surface area (Å²) in [6, 6.07) is -1.81. The molecule has 6 N–H and O–H groups in total. The van der Waals surface area contributed by atoms with Crippen LogP contribution in [0.3, 0.4) is 0 Å². The Bertz CT molecular complexity index is 700. The number of hydrogen-bond acceptors (Lipinski definition) is 7. The van der Waals surface area contributed by atoms with E-state index in [1.807, 2.05) is 0 Å². The summed E-state index contributed by atoms with van der Waals surface area (Å²) in [5, 5.41) is 10.0. The standard InChI is InChI=1S/C19H35N5O6/c1-10(20)12(25)22-17(3,4)14(27)21-11(2)13(26)23-18(5,6)15(28)24-19(7,8)16(29)30-9/h10-11H,20H2,1-9H3,(H,21,27)(H,22,25)(H,23,26)(H,24,28)/t10-,11-/m0/s1. The van der Waals surface area contributed by atoms with Gasteiger partial charge in [-0.2, -0.15) is 0 Å². The van der Waals surface area contributed by atoms with Crippen LogP contribution in [0, 0.1) is 0 Å². The lowest BCUT2D eigenvalue weighted by molar-refractivity contribution is -0.150. The predicted octanol–water partition coefficient (Wildman–Crippen LogP) is -1.30. The van der Waals surface area contributed by atoms with E-state index in [-0.39, 0.29) is 0 Å². The molecule has 0 heterocycles. The lowest BCUT2D eigenvalue weighted by Gasteiger charge is -2.32. The zero-order valence-corrected chi connectivity index (χ0v) is 19.2. The Kier molecular flexibility index (Phi) is 8.99. The fourth-order valence-electron chi connectivity index (χ4n) is 2.14. The van der Waals surface area contributed by atoms with Crippen molar-refractivity contribution < 1.29 is 28.7 Å². The van der Waals surface area contributed by atoms with Gasteiger partial charge in [0.2, 0.25) is 23.6 Å². The van der Waals surface area contributed by atoms with Crippen LogP contribution in [0.5, 0.6) is 0 Å². The van der Waals surface area contributed by atoms with Crippen LogP contribution in [0.25, 0.3) is 0 Å². The molecule has 0 aromatic heterocycles. The second kappa shape index (κ2) is 9.88. The van der Waals surface area contributed by atoms with Crippen LogP contribution in [-0.2, 0) is 28.7 Å². The van der Waals surface area contributed by atoms with E-state index < -0.39 is 58.3 Å². The van der Waals surface area contributed by atoms with E-state index in [9.17, 15) is 24.0 Å². The second-order valence-electron chi connectivity index (χ2n) is 8.78. The molecule has 0 bridgehead atoms. The van der Waals surface area contributed by atoms with Crippen molar-refractivity contribution in [2.75, 3.05) is 7.11 Å². The van der Waals surface area contributed by atoms with E-state index in [1.54, 1.807) is 0 Å². The molecule has 2 atom stereocenters. The maximum atomic E-state index is 12.5. The lowest BCUT2D eigenvalue weighted by atomic mass is 9.99. The third-order valence-electron chi connectivity index (χ3n) is 4.28. The molecule has 11 nitrogen and oxygen atoms in total. The molecule has 0 aromatic rings. The van der Waals surface area contributed by atoms with Crippen molar-refractivity contribution in [3.05, 3.63) is 0 Å². The SMILES string of the molecule is COC(=O)C(C)(C)NC(=O)C(C)(C)NC(=O)[C@H](C)NC(=O)C(C)(C)NC(=O)[C@H](C)N. The Morgan fingerprint density at radius 2 is 1.17 bits per heavy atom. The van der Waals surface area contributed by atoms with Gasteiger partial charge in [-0.1, -0.05) is 0 Å². The fourth-order valence-corrected chi connectivity index (χ4v) is 2.14. The summed E-state index contributed by atoms with van der Waals surface area (Å²) in [7, 11) is 1.20. The topological polar surface area (TPSA) is 169 Å². The van der Waals surface area contributed by atoms with Gasteiger partial charge in [0.1, 0.15) is 22.7 Å². The molecule has 0 aromatic carbocycles. The van der Waals surface area contributed by atoms with Crippen molar-refractivity contribution in [1.29, 1.82) is 0 Å². The van der Waals surface area contributed by atoms with Crippen molar-refractivity contribution in [3.63, 3.8) is 0 Å². The van der Waals surface area contributed by atoms with Gasteiger partial charge < -0.3 is 31.7 Å². The van der Waals surface area contributed by atoms with Crippen LogP contribution in [0.4, 0.5) is 0 Å². The van der Waals surface area contributed by atoms with Gasteiger partial charge in [0, 0.05) is 0 Å². The van der Waals surface area contributed by atoms with Crippen LogP contribution in [0.2, 0.25) is 0 Å². The summed E-state index contributed by atoms with van der Waals surface area (Å²) in [6.07, 6.45) is 0. The van der Waals surface area contributed by atoms with Gasteiger partial charge in [-0.25, -0.2) is 4.79 Å². The number of nitrogens with one attached hydrogen (secondary N) is 4. The van der Waals surface area contributed by atoms with Crippen LogP contribution in [0.1, 0.15) is 55.4 Å². The molecule has 30 heavy (non-hydrogen) atoms. The largest absolute Gasteiger partial charge is 0.467 e. The van der Waals surface area contributed by atoms with Crippen LogP contribution in [0.15, 0.2) is 0 Å². The Balaban J connectivity index is 5.06. The number of amides is 4. The summed E-state index contributed by atoms with van der Waals surface area (Å²) < 4.78 is 4.64. The number of carbonyl (C=O) groups excluding carboxylic acids is 5. The van der Waals surface area contributed by atoms with Crippen LogP contribution >= 0.6 is 0 Å². The van der Waals surface area contributed by atoms with Gasteiger partial charge in [0.05, 0.1) is 13.2 Å². The smallest absolute Gasteiger partial charge is 0.330 e. The number of hydrogen-bond donors (Lipinski definition) is 5. The first-order chi connectivity index (χ1) is 13.4. The number of nitrogens with two attached hydrogens (primary N) is 1. The van der Waals surface area contributed by atoms with Gasteiger partial charge in [-0.15, -0.1) is 0 Å². The minimum Gasteiger partial charge on any atom is -0.467 e. The maximum absolute atomic E-state index is 12.5. The molecule has 0 saturated carbocycles. The van der Waals surface area contributed by atoms with E-state index in [4.69, 9.17) is 5.73 Å². The quantitative estimate of drug-likeness (QED) is 0.284. The summed E-state index contributed by atoms with van der Waals surface area (Å²) in [5.74, 6) is -3.01. The molecule has 0 saturated heterocycles. The highest BCUT2D eigenvalue weighted by atomic mass is 16.5. The highest BCUT2D eigenvalue weighted by molar-refractivity contribution is 5.98. The van der Waals surface area contributed by atoms with Gasteiger partial charge in [-0.05, 0) is 55.4 Å². The molecule has 4 amide bonds. The monoisotopic (exact) mass is 429 g/mol.